The molecule has 1 rings (SSSR count). The third-order valence-corrected chi connectivity index (χ3v) is 3.98. The highest BCUT2D eigenvalue weighted by Gasteiger charge is 2.16. The minimum atomic E-state index is 0.124. The predicted molar refractivity (Wildman–Crippen MR) is 78.3 cm³/mol. The molecule has 0 radical (unpaired) electrons. The van der Waals surface area contributed by atoms with Gasteiger partial charge in [-0.05, 0) is 35.8 Å². The van der Waals surface area contributed by atoms with Gasteiger partial charge >= 0.3 is 0 Å². The first kappa shape index (κ1) is 14.4. The van der Waals surface area contributed by atoms with Crippen molar-refractivity contribution >= 4 is 12.6 Å². The minimum Gasteiger partial charge on any atom is -0.493 e. The molecule has 0 saturated heterocycles. The second-order valence-corrected chi connectivity index (χ2v) is 5.81. The van der Waals surface area contributed by atoms with Gasteiger partial charge in [0.05, 0.1) is 6.61 Å². The van der Waals surface area contributed by atoms with Gasteiger partial charge in [-0.15, -0.1) is 0 Å². The molecule has 1 nitrogen and oxygen atoms in total. The number of hydrogen-bond acceptors (Lipinski definition) is 2. The van der Waals surface area contributed by atoms with Crippen LogP contribution >= 0.6 is 12.6 Å². The molecule has 0 heterocycles. The van der Waals surface area contributed by atoms with Gasteiger partial charge in [0.15, 0.2) is 0 Å². The van der Waals surface area contributed by atoms with Crippen molar-refractivity contribution in [3.8, 4) is 5.75 Å². The van der Waals surface area contributed by atoms with Crippen molar-refractivity contribution in [1.29, 1.82) is 0 Å². The second kappa shape index (κ2) is 6.34. The van der Waals surface area contributed by atoms with Crippen molar-refractivity contribution in [2.75, 3.05) is 12.4 Å². The molecule has 1 aromatic carbocycles. The highest BCUT2D eigenvalue weighted by atomic mass is 32.1. The first-order chi connectivity index (χ1) is 7.98. The van der Waals surface area contributed by atoms with Crippen LogP contribution in [0.1, 0.15) is 45.6 Å². The fourth-order valence-electron chi connectivity index (χ4n) is 1.45. The Labute approximate surface area is 111 Å². The lowest BCUT2D eigenvalue weighted by molar-refractivity contribution is 0.202. The van der Waals surface area contributed by atoms with Crippen LogP contribution in [0.5, 0.6) is 5.75 Å². The van der Waals surface area contributed by atoms with Crippen LogP contribution < -0.4 is 4.74 Å². The molecule has 17 heavy (non-hydrogen) atoms. The van der Waals surface area contributed by atoms with E-state index in [4.69, 9.17) is 4.74 Å². The lowest BCUT2D eigenvalue weighted by Gasteiger charge is -2.22. The van der Waals surface area contributed by atoms with Gasteiger partial charge in [0.1, 0.15) is 5.75 Å². The molecule has 0 aliphatic carbocycles. The molecule has 0 N–H and O–H groups in total. The highest BCUT2D eigenvalue weighted by Crippen LogP contribution is 2.23. The highest BCUT2D eigenvalue weighted by molar-refractivity contribution is 7.80. The Morgan fingerprint density at radius 1 is 1.24 bits per heavy atom. The summed E-state index contributed by atoms with van der Waals surface area (Å²) in [5.74, 6) is 2.41. The molecule has 0 aromatic heterocycles. The van der Waals surface area contributed by atoms with E-state index in [0.717, 1.165) is 11.5 Å². The maximum Gasteiger partial charge on any atom is 0.119 e. The number of hydrogen-bond donors (Lipinski definition) is 1. The molecule has 0 bridgehead atoms. The van der Waals surface area contributed by atoms with Gasteiger partial charge in [-0.1, -0.05) is 39.8 Å². The lowest BCUT2D eigenvalue weighted by Crippen LogP contribution is -2.23. The maximum atomic E-state index is 5.78. The van der Waals surface area contributed by atoms with Crippen LogP contribution in [0.15, 0.2) is 24.3 Å². The van der Waals surface area contributed by atoms with Gasteiger partial charge in [-0.3, -0.25) is 0 Å². The summed E-state index contributed by atoms with van der Waals surface area (Å²) in [5, 5.41) is 0. The van der Waals surface area contributed by atoms with Gasteiger partial charge in [-0.25, -0.2) is 0 Å². The Morgan fingerprint density at radius 3 is 2.29 bits per heavy atom. The van der Waals surface area contributed by atoms with Gasteiger partial charge in [0.2, 0.25) is 0 Å². The molecule has 1 aromatic rings. The molecule has 0 spiro atoms. The largest absolute Gasteiger partial charge is 0.493 e. The first-order valence-corrected chi connectivity index (χ1v) is 6.95. The van der Waals surface area contributed by atoms with E-state index in [1.165, 1.54) is 12.0 Å². The standard InChI is InChI=1S/C15H24OS/c1-5-12(2)13-6-8-14(9-7-13)16-10-15(3,4)11-17/h6-9,12,17H,5,10-11H2,1-4H3. The van der Waals surface area contributed by atoms with Crippen LogP contribution in [0.3, 0.4) is 0 Å². The number of thiol groups is 1. The molecule has 2 heteroatoms. The van der Waals surface area contributed by atoms with Crippen LogP contribution in [0.4, 0.5) is 0 Å². The van der Waals surface area contributed by atoms with Gasteiger partial charge in [-0.2, -0.15) is 12.6 Å². The summed E-state index contributed by atoms with van der Waals surface area (Å²) < 4.78 is 5.78. The number of ether oxygens (including phenoxy) is 1. The normalized spacial score (nSPS) is 13.5. The van der Waals surface area contributed by atoms with E-state index in [2.05, 4.69) is 64.6 Å². The topological polar surface area (TPSA) is 9.23 Å². The minimum absolute atomic E-state index is 0.124. The number of benzene rings is 1. The van der Waals surface area contributed by atoms with Crippen molar-refractivity contribution in [1.82, 2.24) is 0 Å². The predicted octanol–water partition coefficient (Wildman–Crippen LogP) is 4.53. The average molecular weight is 252 g/mol. The zero-order valence-electron chi connectivity index (χ0n) is 11.4. The first-order valence-electron chi connectivity index (χ1n) is 6.32. The van der Waals surface area contributed by atoms with E-state index in [-0.39, 0.29) is 5.41 Å². The van der Waals surface area contributed by atoms with Gasteiger partial charge in [0, 0.05) is 5.41 Å². The molecule has 96 valence electrons. The fraction of sp³-hybridized carbons (Fsp3) is 0.600. The van der Waals surface area contributed by atoms with E-state index in [1.54, 1.807) is 0 Å². The molecule has 1 atom stereocenters. The smallest absolute Gasteiger partial charge is 0.119 e. The van der Waals surface area contributed by atoms with Gasteiger partial charge < -0.3 is 4.74 Å². The van der Waals surface area contributed by atoms with E-state index in [0.29, 0.717) is 12.5 Å². The van der Waals surface area contributed by atoms with E-state index < -0.39 is 0 Å². The lowest BCUT2D eigenvalue weighted by atomic mass is 9.98. The molecule has 0 fully saturated rings. The van der Waals surface area contributed by atoms with Crippen molar-refractivity contribution < 1.29 is 4.74 Å². The molecule has 0 aliphatic heterocycles. The van der Waals surface area contributed by atoms with Crippen LogP contribution in [0, 0.1) is 5.41 Å². The van der Waals surface area contributed by atoms with Crippen LogP contribution in [-0.2, 0) is 0 Å². The van der Waals surface area contributed by atoms with E-state index in [1.807, 2.05) is 0 Å². The quantitative estimate of drug-likeness (QED) is 0.732. The molecule has 0 amide bonds. The maximum absolute atomic E-state index is 5.78. The Kier molecular flexibility index (Phi) is 5.38. The SMILES string of the molecule is CCC(C)c1ccc(OCC(C)(C)CS)cc1. The van der Waals surface area contributed by atoms with Crippen LogP contribution in [-0.4, -0.2) is 12.4 Å². The van der Waals surface area contributed by atoms with Crippen LogP contribution in [0.25, 0.3) is 0 Å². The average Bonchev–Trinajstić information content (AvgIpc) is 2.36. The van der Waals surface area contributed by atoms with E-state index >= 15 is 0 Å². The van der Waals surface area contributed by atoms with Crippen molar-refractivity contribution in [3.05, 3.63) is 29.8 Å². The molecular weight excluding hydrogens is 228 g/mol. The van der Waals surface area contributed by atoms with Crippen molar-refractivity contribution in [2.24, 2.45) is 5.41 Å². The monoisotopic (exact) mass is 252 g/mol. The summed E-state index contributed by atoms with van der Waals surface area (Å²) >= 11 is 4.32. The Hall–Kier alpha value is -0.630. The third kappa shape index (κ3) is 4.63. The Morgan fingerprint density at radius 2 is 1.82 bits per heavy atom. The van der Waals surface area contributed by atoms with Crippen molar-refractivity contribution in [2.45, 2.75) is 40.0 Å². The summed E-state index contributed by atoms with van der Waals surface area (Å²) in [6.45, 7) is 9.49. The number of rotatable bonds is 6. The second-order valence-electron chi connectivity index (χ2n) is 5.49. The van der Waals surface area contributed by atoms with Crippen molar-refractivity contribution in [3.63, 3.8) is 0 Å². The van der Waals surface area contributed by atoms with Gasteiger partial charge in [0.25, 0.3) is 0 Å². The molecule has 0 saturated carbocycles. The molecule has 1 unspecified atom stereocenters. The summed E-state index contributed by atoms with van der Waals surface area (Å²) in [4.78, 5) is 0. The van der Waals surface area contributed by atoms with E-state index in [9.17, 15) is 0 Å². The van der Waals surface area contributed by atoms with Crippen LogP contribution in [0.2, 0.25) is 0 Å². The Balaban J connectivity index is 2.57. The zero-order valence-corrected chi connectivity index (χ0v) is 12.3. The summed E-state index contributed by atoms with van der Waals surface area (Å²) in [6.07, 6.45) is 1.17. The zero-order chi connectivity index (χ0) is 12.9. The Bertz CT molecular complexity index is 329. The third-order valence-electron chi connectivity index (χ3n) is 3.12. The summed E-state index contributed by atoms with van der Waals surface area (Å²) in [6, 6.07) is 8.46. The summed E-state index contributed by atoms with van der Waals surface area (Å²) in [7, 11) is 0. The fourth-order valence-corrected chi connectivity index (χ4v) is 1.54. The molecule has 0 aliphatic rings. The summed E-state index contributed by atoms with van der Waals surface area (Å²) in [5.41, 5.74) is 1.51. The molecular formula is C15H24OS.